The van der Waals surface area contributed by atoms with Crippen molar-refractivity contribution in [2.24, 2.45) is 0 Å². The molecule has 0 aliphatic carbocycles. The zero-order valence-corrected chi connectivity index (χ0v) is 11.8. The van der Waals surface area contributed by atoms with E-state index in [9.17, 15) is 13.6 Å². The third kappa shape index (κ3) is 4.03. The molecule has 0 saturated carbocycles. The summed E-state index contributed by atoms with van der Waals surface area (Å²) in [7, 11) is 0. The molecule has 1 aromatic heterocycles. The number of pyridine rings is 1. The Labute approximate surface area is 128 Å². The summed E-state index contributed by atoms with van der Waals surface area (Å²) in [6, 6.07) is 5.38. The Bertz CT molecular complexity index is 668. The van der Waals surface area contributed by atoms with Gasteiger partial charge < -0.3 is 10.1 Å². The van der Waals surface area contributed by atoms with E-state index >= 15 is 0 Å². The Morgan fingerprint density at radius 2 is 2.00 bits per heavy atom. The van der Waals surface area contributed by atoms with Gasteiger partial charge in [-0.05, 0) is 24.3 Å². The zero-order valence-electron chi connectivity index (χ0n) is 10.3. The zero-order chi connectivity index (χ0) is 15.4. The van der Waals surface area contributed by atoms with Crippen LogP contribution in [0.5, 0.6) is 5.75 Å². The van der Waals surface area contributed by atoms with E-state index in [2.05, 4.69) is 15.0 Å². The van der Waals surface area contributed by atoms with Gasteiger partial charge in [-0.3, -0.25) is 9.78 Å². The Morgan fingerprint density at radius 1 is 1.24 bits per heavy atom. The van der Waals surface area contributed by atoms with Crippen LogP contribution >= 0.6 is 23.2 Å². The molecule has 0 spiro atoms. The van der Waals surface area contributed by atoms with Crippen molar-refractivity contribution < 1.29 is 18.3 Å². The second kappa shape index (κ2) is 6.69. The number of carbonyl (C=O) groups is 1. The number of nitrogens with one attached hydrogen (secondary N) is 1. The van der Waals surface area contributed by atoms with Gasteiger partial charge in [-0.15, -0.1) is 0 Å². The smallest absolute Gasteiger partial charge is 0.387 e. The fraction of sp³-hybridized carbons (Fsp3) is 0.0769. The van der Waals surface area contributed by atoms with Crippen molar-refractivity contribution in [3.05, 3.63) is 52.3 Å². The number of nitrogens with zero attached hydrogens (tertiary/aromatic N) is 1. The second-order valence-corrected chi connectivity index (χ2v) is 4.65. The van der Waals surface area contributed by atoms with E-state index < -0.39 is 12.5 Å². The summed E-state index contributed by atoms with van der Waals surface area (Å²) in [6.07, 6.45) is 2.76. The van der Waals surface area contributed by atoms with Crippen LogP contribution in [0.1, 0.15) is 10.4 Å². The lowest BCUT2D eigenvalue weighted by Gasteiger charge is -2.10. The normalized spacial score (nSPS) is 10.5. The molecule has 2 rings (SSSR count). The Morgan fingerprint density at radius 3 is 2.62 bits per heavy atom. The fourth-order valence-electron chi connectivity index (χ4n) is 1.51. The van der Waals surface area contributed by atoms with Gasteiger partial charge >= 0.3 is 6.61 Å². The summed E-state index contributed by atoms with van der Waals surface area (Å²) in [5, 5.41) is 2.72. The fourth-order valence-corrected chi connectivity index (χ4v) is 1.93. The van der Waals surface area contributed by atoms with E-state index in [0.29, 0.717) is 5.69 Å². The third-order valence-electron chi connectivity index (χ3n) is 2.42. The number of anilines is 1. The number of rotatable bonds is 4. The van der Waals surface area contributed by atoms with Crippen molar-refractivity contribution in [1.29, 1.82) is 0 Å². The number of alkyl halides is 2. The van der Waals surface area contributed by atoms with Crippen molar-refractivity contribution in [2.75, 3.05) is 5.32 Å². The van der Waals surface area contributed by atoms with Gasteiger partial charge in [0.05, 0.1) is 15.6 Å². The van der Waals surface area contributed by atoms with Crippen LogP contribution < -0.4 is 10.1 Å². The minimum absolute atomic E-state index is 0.0506. The molecule has 4 nitrogen and oxygen atoms in total. The average molecular weight is 333 g/mol. The highest BCUT2D eigenvalue weighted by Crippen LogP contribution is 2.29. The molecule has 0 fully saturated rings. The molecule has 2 aromatic rings. The molecule has 0 bridgehead atoms. The second-order valence-electron chi connectivity index (χ2n) is 3.83. The lowest BCUT2D eigenvalue weighted by molar-refractivity contribution is -0.0497. The topological polar surface area (TPSA) is 51.2 Å². The van der Waals surface area contributed by atoms with E-state index in [1.54, 1.807) is 0 Å². The van der Waals surface area contributed by atoms with E-state index in [-0.39, 0.29) is 21.4 Å². The maximum atomic E-state index is 12.1. The van der Waals surface area contributed by atoms with Crippen molar-refractivity contribution >= 4 is 34.8 Å². The number of hydrogen-bond donors (Lipinski definition) is 1. The summed E-state index contributed by atoms with van der Waals surface area (Å²) in [4.78, 5) is 15.8. The SMILES string of the molecule is O=C(Nc1ccc(OC(F)F)c(Cl)c1)c1cnccc1Cl. The van der Waals surface area contributed by atoms with Crippen LogP contribution in [0, 0.1) is 0 Å². The molecule has 0 aliphatic rings. The van der Waals surface area contributed by atoms with E-state index in [1.165, 1.54) is 36.7 Å². The highest BCUT2D eigenvalue weighted by molar-refractivity contribution is 6.34. The summed E-state index contributed by atoms with van der Waals surface area (Å²) >= 11 is 11.7. The Kier molecular flexibility index (Phi) is 4.93. The van der Waals surface area contributed by atoms with Crippen molar-refractivity contribution in [1.82, 2.24) is 4.98 Å². The van der Waals surface area contributed by atoms with Crippen LogP contribution in [0.25, 0.3) is 0 Å². The highest BCUT2D eigenvalue weighted by atomic mass is 35.5. The minimum atomic E-state index is -2.97. The standard InChI is InChI=1S/C13H8Cl2F2N2O2/c14-9-3-4-18-6-8(9)12(20)19-7-1-2-11(10(15)5-7)21-13(16)17/h1-6,13H,(H,19,20). The first-order chi connectivity index (χ1) is 9.97. The molecule has 0 aliphatic heterocycles. The molecule has 0 radical (unpaired) electrons. The molecule has 1 aromatic carbocycles. The van der Waals surface area contributed by atoms with Gasteiger partial charge in [-0.1, -0.05) is 23.2 Å². The van der Waals surface area contributed by atoms with Crippen molar-refractivity contribution in [3.63, 3.8) is 0 Å². The molecule has 1 N–H and O–H groups in total. The predicted molar refractivity (Wildman–Crippen MR) is 75.3 cm³/mol. The third-order valence-corrected chi connectivity index (χ3v) is 3.04. The molecule has 0 unspecified atom stereocenters. The first kappa shape index (κ1) is 15.5. The summed E-state index contributed by atoms with van der Waals surface area (Å²) < 4.78 is 28.4. The molecule has 1 heterocycles. The van der Waals surface area contributed by atoms with E-state index in [0.717, 1.165) is 0 Å². The van der Waals surface area contributed by atoms with Gasteiger partial charge in [0.25, 0.3) is 5.91 Å². The lowest BCUT2D eigenvalue weighted by atomic mass is 10.2. The molecule has 0 atom stereocenters. The first-order valence-corrected chi connectivity index (χ1v) is 6.38. The van der Waals surface area contributed by atoms with Gasteiger partial charge in [0.15, 0.2) is 0 Å². The van der Waals surface area contributed by atoms with Gasteiger partial charge in [-0.25, -0.2) is 0 Å². The molecule has 1 amide bonds. The number of amides is 1. The minimum Gasteiger partial charge on any atom is -0.433 e. The van der Waals surface area contributed by atoms with Crippen LogP contribution in [-0.2, 0) is 0 Å². The van der Waals surface area contributed by atoms with Gasteiger partial charge in [-0.2, -0.15) is 8.78 Å². The number of benzene rings is 1. The maximum Gasteiger partial charge on any atom is 0.387 e. The highest BCUT2D eigenvalue weighted by Gasteiger charge is 2.13. The average Bonchev–Trinajstić information content (AvgIpc) is 2.42. The van der Waals surface area contributed by atoms with Crippen LogP contribution in [0.3, 0.4) is 0 Å². The molecule has 21 heavy (non-hydrogen) atoms. The Balaban J connectivity index is 2.15. The molecule has 0 saturated heterocycles. The van der Waals surface area contributed by atoms with E-state index in [4.69, 9.17) is 23.2 Å². The van der Waals surface area contributed by atoms with Gasteiger partial charge in [0.2, 0.25) is 0 Å². The molecule has 8 heteroatoms. The molecular weight excluding hydrogens is 325 g/mol. The largest absolute Gasteiger partial charge is 0.433 e. The molecule has 110 valence electrons. The van der Waals surface area contributed by atoms with Crippen LogP contribution in [0.4, 0.5) is 14.5 Å². The summed E-state index contributed by atoms with van der Waals surface area (Å²) in [6.45, 7) is -2.97. The van der Waals surface area contributed by atoms with Gasteiger partial charge in [0.1, 0.15) is 5.75 Å². The number of halogens is 4. The summed E-state index contributed by atoms with van der Waals surface area (Å²) in [5.74, 6) is -0.671. The summed E-state index contributed by atoms with van der Waals surface area (Å²) in [5.41, 5.74) is 0.495. The van der Waals surface area contributed by atoms with Crippen LogP contribution in [0.2, 0.25) is 10.0 Å². The van der Waals surface area contributed by atoms with Crippen molar-refractivity contribution in [2.45, 2.75) is 6.61 Å². The molecular formula is C13H8Cl2F2N2O2. The van der Waals surface area contributed by atoms with Gasteiger partial charge in [0, 0.05) is 18.1 Å². The predicted octanol–water partition coefficient (Wildman–Crippen LogP) is 4.24. The number of ether oxygens (including phenoxy) is 1. The number of aromatic nitrogens is 1. The number of carbonyl (C=O) groups excluding carboxylic acids is 1. The monoisotopic (exact) mass is 332 g/mol. The lowest BCUT2D eigenvalue weighted by Crippen LogP contribution is -2.13. The maximum absolute atomic E-state index is 12.1. The van der Waals surface area contributed by atoms with E-state index in [1.807, 2.05) is 0 Å². The number of hydrogen-bond acceptors (Lipinski definition) is 3. The van der Waals surface area contributed by atoms with Crippen LogP contribution in [-0.4, -0.2) is 17.5 Å². The first-order valence-electron chi connectivity index (χ1n) is 5.62. The Hall–Kier alpha value is -1.92. The quantitative estimate of drug-likeness (QED) is 0.910. The van der Waals surface area contributed by atoms with Crippen LogP contribution in [0.15, 0.2) is 36.7 Å². The van der Waals surface area contributed by atoms with Crippen molar-refractivity contribution in [3.8, 4) is 5.75 Å².